The molecule has 0 unspecified atom stereocenters. The van der Waals surface area contributed by atoms with Crippen LogP contribution in [0.3, 0.4) is 0 Å². The molecule has 1 fully saturated rings. The molecule has 1 saturated heterocycles. The Bertz CT molecular complexity index is 2970. The number of primary amides is 1. The Morgan fingerprint density at radius 2 is 1.28 bits per heavy atom. The van der Waals surface area contributed by atoms with Gasteiger partial charge in [-0.3, -0.25) is 48.1 Å². The van der Waals surface area contributed by atoms with E-state index in [4.69, 9.17) is 21.9 Å². The number of guanidine groups is 1. The first-order chi connectivity index (χ1) is 40.6. The molecule has 1 aliphatic rings. The minimum atomic E-state index is -1.77. The number of nitrogens with two attached hydrogens (primary N) is 3. The van der Waals surface area contributed by atoms with Gasteiger partial charge in [-0.1, -0.05) is 74.5 Å². The van der Waals surface area contributed by atoms with Crippen LogP contribution in [0.4, 0.5) is 4.79 Å². The third-order valence-corrected chi connectivity index (χ3v) is 13.9. The van der Waals surface area contributed by atoms with Crippen molar-refractivity contribution < 1.29 is 62.9 Å². The number of ether oxygens (including phenoxy) is 1. The molecule has 2 heterocycles. The van der Waals surface area contributed by atoms with E-state index in [-0.39, 0.29) is 88.2 Å². The number of phenolic OH excluding ortho intramolecular Hbond substituents is 1. The van der Waals surface area contributed by atoms with Gasteiger partial charge in [0.05, 0.1) is 6.61 Å². The summed E-state index contributed by atoms with van der Waals surface area (Å²) in [6.07, 6.45) is 0.939. The number of aliphatic imine (C=N–C) groups is 1. The first kappa shape index (κ1) is 66.5. The molecule has 460 valence electrons. The quantitative estimate of drug-likeness (QED) is 0.0164. The number of benzene rings is 3. The molecule has 5 rings (SSSR count). The fourth-order valence-electron chi connectivity index (χ4n) is 9.49. The zero-order chi connectivity index (χ0) is 62.2. The summed E-state index contributed by atoms with van der Waals surface area (Å²) in [5, 5.41) is 42.2. The molecule has 3 aromatic carbocycles. The fourth-order valence-corrected chi connectivity index (χ4v) is 9.49. The molecule has 27 heteroatoms. The molecular weight excluding hydrogens is 1100 g/mol. The second-order valence-electron chi connectivity index (χ2n) is 21.1. The van der Waals surface area contributed by atoms with Gasteiger partial charge in [-0.2, -0.15) is 0 Å². The van der Waals surface area contributed by atoms with Gasteiger partial charge >= 0.3 is 6.09 Å². The monoisotopic (exact) mass is 1180 g/mol. The number of aromatic hydroxyl groups is 1. The molecule has 0 bridgehead atoms. The van der Waals surface area contributed by atoms with Crippen LogP contribution in [0.25, 0.3) is 10.9 Å². The van der Waals surface area contributed by atoms with Crippen molar-refractivity contribution in [1.29, 1.82) is 0 Å². The predicted octanol–water partition coefficient (Wildman–Crippen LogP) is -0.633. The topological polar surface area (TPSA) is 426 Å². The summed E-state index contributed by atoms with van der Waals surface area (Å²) in [5.74, 6) is -7.50. The van der Waals surface area contributed by atoms with Crippen LogP contribution in [0.5, 0.6) is 5.75 Å². The molecule has 4 aromatic rings. The molecule has 0 saturated carbocycles. The summed E-state index contributed by atoms with van der Waals surface area (Å²) >= 11 is 0. The van der Waals surface area contributed by atoms with E-state index in [1.807, 2.05) is 13.8 Å². The molecule has 1 aliphatic heterocycles. The second-order valence-corrected chi connectivity index (χ2v) is 21.1. The number of alkyl carbamates (subject to hydrolysis) is 1. The van der Waals surface area contributed by atoms with Crippen LogP contribution < -0.4 is 59.7 Å². The Labute approximate surface area is 492 Å². The zero-order valence-electron chi connectivity index (χ0n) is 48.2. The number of phenols is 1. The van der Waals surface area contributed by atoms with Gasteiger partial charge in [0, 0.05) is 56.0 Å². The van der Waals surface area contributed by atoms with Gasteiger partial charge in [-0.25, -0.2) is 4.79 Å². The molecule has 85 heavy (non-hydrogen) atoms. The Morgan fingerprint density at radius 1 is 0.682 bits per heavy atom. The first-order valence-corrected chi connectivity index (χ1v) is 28.2. The standard InChI is InChI=1S/C58H80N14O13/c1-5-62-55(82)47-18-12-26-72(47)56(83)42(17-11-25-63-57(60)61)66-52(79)43(27-33(2)3)67-49(76)34(4)65-51(78)44(28-35-19-21-38(74)22-20-35)68-54(81)46(31-73)70-53(80)45(29-37-30-64-40-16-10-9-15-39(37)40)69-50(77)41(23-24-48(59)75)71-58(84)85-32-36-13-7-6-8-14-36/h6-10,13-16,19-22,30,33-34,41-47,64,73-74H,5,11-12,17-18,23-29,31-32H2,1-4H3,(H2,59,75)(H,62,82)(H,65,78)(H,66,79)(H,67,76)(H,68,81)(H,69,77)(H,70,80)(H,71,84)(H4,60,61,63)/t34-,41+,42+,43+,44+,45+,46+,47+/m1/s1. The lowest BCUT2D eigenvalue weighted by molar-refractivity contribution is -0.142. The van der Waals surface area contributed by atoms with E-state index < -0.39 is 108 Å². The lowest BCUT2D eigenvalue weighted by Gasteiger charge is -2.30. The van der Waals surface area contributed by atoms with Crippen molar-refractivity contribution >= 4 is 76.1 Å². The summed E-state index contributed by atoms with van der Waals surface area (Å²) in [6.45, 7) is 6.31. The van der Waals surface area contributed by atoms with E-state index in [0.29, 0.717) is 47.0 Å². The highest BCUT2D eigenvalue weighted by Gasteiger charge is 2.39. The molecular formula is C58H80N14O13. The number of aliphatic hydroxyl groups is 1. The molecule has 0 radical (unpaired) electrons. The maximum Gasteiger partial charge on any atom is 0.408 e. The van der Waals surface area contributed by atoms with Crippen molar-refractivity contribution in [1.82, 2.24) is 52.4 Å². The maximum absolute atomic E-state index is 14.4. The average molecular weight is 1180 g/mol. The normalized spacial score (nSPS) is 15.3. The number of likely N-dealkylation sites (N-methyl/N-ethyl adjacent to an activating group) is 1. The van der Waals surface area contributed by atoms with Gasteiger partial charge in [0.1, 0.15) is 60.7 Å². The van der Waals surface area contributed by atoms with E-state index >= 15 is 0 Å². The Balaban J connectivity index is 1.33. The summed E-state index contributed by atoms with van der Waals surface area (Å²) in [4.78, 5) is 146. The van der Waals surface area contributed by atoms with Gasteiger partial charge < -0.3 is 84.6 Å². The van der Waals surface area contributed by atoms with Crippen LogP contribution in [0, 0.1) is 5.92 Å². The third-order valence-electron chi connectivity index (χ3n) is 13.9. The number of aromatic amines is 1. The number of aliphatic hydroxyl groups excluding tert-OH is 1. The molecule has 17 N–H and O–H groups in total. The van der Waals surface area contributed by atoms with Crippen molar-refractivity contribution in [2.24, 2.45) is 28.1 Å². The largest absolute Gasteiger partial charge is 0.508 e. The fraction of sp³-hybridized carbons (Fsp3) is 0.466. The number of H-pyrrole nitrogens is 1. The van der Waals surface area contributed by atoms with Crippen LogP contribution in [-0.2, 0) is 67.3 Å². The van der Waals surface area contributed by atoms with Crippen LogP contribution >= 0.6 is 0 Å². The van der Waals surface area contributed by atoms with Gasteiger partial charge in [-0.05, 0) is 93.2 Å². The number of rotatable bonds is 32. The number of hydrogen-bond donors (Lipinski definition) is 14. The SMILES string of the molecule is CCNC(=O)[C@@H]1CCCN1C(=O)[C@H](CCCN=C(N)N)NC(=O)[C@H](CC(C)C)NC(=O)[C@@H](C)NC(=O)[C@H](Cc1ccc(O)cc1)NC(=O)[C@H](CO)NC(=O)[C@H](Cc1c[nH]c2ccccc12)NC(=O)[C@H](CCC(N)=O)NC(=O)OCc1ccccc1. The van der Waals surface area contributed by atoms with Crippen LogP contribution in [0.15, 0.2) is 90.1 Å². The number of nitrogens with one attached hydrogen (secondary N) is 9. The van der Waals surface area contributed by atoms with Crippen LogP contribution in [0.1, 0.15) is 89.3 Å². The summed E-state index contributed by atoms with van der Waals surface area (Å²) in [6, 6.07) is 10.7. The molecule has 8 atom stereocenters. The van der Waals surface area contributed by atoms with Gasteiger partial charge in [0.2, 0.25) is 53.2 Å². The summed E-state index contributed by atoms with van der Waals surface area (Å²) in [5.41, 5.74) is 18.8. The number of carbonyl (C=O) groups excluding carboxylic acids is 10. The lowest BCUT2D eigenvalue weighted by atomic mass is 10.0. The predicted molar refractivity (Wildman–Crippen MR) is 313 cm³/mol. The minimum absolute atomic E-state index is 0.0826. The number of likely N-dealkylation sites (tertiary alicyclic amines) is 1. The molecule has 0 spiro atoms. The van der Waals surface area contributed by atoms with Crippen molar-refractivity contribution in [3.05, 3.63) is 102 Å². The number of hydrogen-bond acceptors (Lipinski definition) is 14. The van der Waals surface area contributed by atoms with Gasteiger partial charge in [0.25, 0.3) is 0 Å². The van der Waals surface area contributed by atoms with Crippen molar-refractivity contribution in [2.45, 2.75) is 140 Å². The average Bonchev–Trinajstić information content (AvgIpc) is 4.05. The lowest BCUT2D eigenvalue weighted by Crippen LogP contribution is -2.61. The maximum atomic E-state index is 14.4. The molecule has 10 amide bonds. The summed E-state index contributed by atoms with van der Waals surface area (Å²) < 4.78 is 5.31. The third kappa shape index (κ3) is 21.1. The molecule has 27 nitrogen and oxygen atoms in total. The second kappa shape index (κ2) is 33.1. The van der Waals surface area contributed by atoms with E-state index in [2.05, 4.69) is 52.5 Å². The zero-order valence-corrected chi connectivity index (χ0v) is 48.2. The highest BCUT2D eigenvalue weighted by molar-refractivity contribution is 5.98. The Kier molecular flexibility index (Phi) is 25.9. The highest BCUT2D eigenvalue weighted by atomic mass is 16.5. The number of nitrogens with zero attached hydrogens (tertiary/aromatic N) is 2. The molecule has 1 aromatic heterocycles. The van der Waals surface area contributed by atoms with E-state index in [1.165, 1.54) is 36.1 Å². The number of para-hydroxylation sites is 1. The van der Waals surface area contributed by atoms with Crippen LogP contribution in [-0.4, -0.2) is 160 Å². The highest BCUT2D eigenvalue weighted by Crippen LogP contribution is 2.22. The van der Waals surface area contributed by atoms with E-state index in [0.717, 1.165) is 0 Å². The number of carbonyl (C=O) groups is 10. The van der Waals surface area contributed by atoms with Crippen molar-refractivity contribution in [3.8, 4) is 5.75 Å². The van der Waals surface area contributed by atoms with E-state index in [9.17, 15) is 58.2 Å². The molecule has 0 aliphatic carbocycles. The van der Waals surface area contributed by atoms with Gasteiger partial charge in [-0.15, -0.1) is 0 Å². The van der Waals surface area contributed by atoms with Crippen LogP contribution in [0.2, 0.25) is 0 Å². The first-order valence-electron chi connectivity index (χ1n) is 28.2. The number of amides is 10. The Hall–Kier alpha value is -9.27. The van der Waals surface area contributed by atoms with Gasteiger partial charge in [0.15, 0.2) is 5.96 Å². The van der Waals surface area contributed by atoms with Crippen molar-refractivity contribution in [3.63, 3.8) is 0 Å². The Morgan fingerprint density at radius 3 is 1.94 bits per heavy atom. The number of fused-ring (bicyclic) bond motifs is 1. The summed E-state index contributed by atoms with van der Waals surface area (Å²) in [7, 11) is 0. The van der Waals surface area contributed by atoms with E-state index in [1.54, 1.807) is 67.7 Å². The smallest absolute Gasteiger partial charge is 0.408 e. The number of aromatic nitrogens is 1. The van der Waals surface area contributed by atoms with Crippen molar-refractivity contribution in [2.75, 3.05) is 26.2 Å². The minimum Gasteiger partial charge on any atom is -0.508 e.